The van der Waals surface area contributed by atoms with Crippen molar-refractivity contribution in [1.29, 1.82) is 5.26 Å². The van der Waals surface area contributed by atoms with Crippen LogP contribution in [0.5, 0.6) is 0 Å². The number of carbonyl (C=O) groups is 3. The predicted octanol–water partition coefficient (Wildman–Crippen LogP) is 7.93. The first-order valence-electron chi connectivity index (χ1n) is 16.5. The molecule has 13 nitrogen and oxygen atoms in total. The molecule has 3 amide bonds. The van der Waals surface area contributed by atoms with Crippen LogP contribution in [0.15, 0.2) is 91.0 Å². The SMILES string of the molecule is CCO[C@H]1O[C@H](COC(=O)Nc2ccc(Cl)cc2)[C@@H](OC(=O)Nc2cccc(C#N)c2)[C@H](OC(=O)Nc2ccc(F)cc2F)[C@H]1OCc1ccc(C)cc1. The Morgan fingerprint density at radius 3 is 2.22 bits per heavy atom. The highest BCUT2D eigenvalue weighted by Crippen LogP contribution is 2.31. The Labute approximate surface area is 314 Å². The first kappa shape index (κ1) is 39.4. The number of nitriles is 1. The number of anilines is 3. The van der Waals surface area contributed by atoms with E-state index in [0.29, 0.717) is 16.8 Å². The molecule has 1 aliphatic heterocycles. The van der Waals surface area contributed by atoms with Gasteiger partial charge < -0.3 is 28.4 Å². The van der Waals surface area contributed by atoms with Crippen LogP contribution in [0, 0.1) is 29.9 Å². The number of rotatable bonds is 12. The van der Waals surface area contributed by atoms with Crippen molar-refractivity contribution in [3.8, 4) is 6.07 Å². The third kappa shape index (κ3) is 11.1. The average molecular weight is 765 g/mol. The molecule has 282 valence electrons. The largest absolute Gasteiger partial charge is 0.446 e. The van der Waals surface area contributed by atoms with Crippen molar-refractivity contribution in [2.75, 3.05) is 29.2 Å². The minimum atomic E-state index is -1.57. The van der Waals surface area contributed by atoms with Crippen LogP contribution < -0.4 is 16.0 Å². The van der Waals surface area contributed by atoms with Gasteiger partial charge in [-0.25, -0.2) is 23.2 Å². The molecule has 5 atom stereocenters. The molecule has 1 saturated heterocycles. The maximum absolute atomic E-state index is 14.6. The zero-order valence-electron chi connectivity index (χ0n) is 28.9. The number of nitrogens with zero attached hydrogens (tertiary/aromatic N) is 1. The first-order valence-corrected chi connectivity index (χ1v) is 16.9. The smallest absolute Gasteiger partial charge is 0.412 e. The van der Waals surface area contributed by atoms with Crippen LogP contribution in [0.3, 0.4) is 0 Å². The van der Waals surface area contributed by atoms with E-state index in [1.54, 1.807) is 37.3 Å². The number of benzene rings is 4. The lowest BCUT2D eigenvalue weighted by molar-refractivity contribution is -0.308. The van der Waals surface area contributed by atoms with Crippen molar-refractivity contribution in [3.05, 3.63) is 124 Å². The van der Waals surface area contributed by atoms with Gasteiger partial charge in [-0.05, 0) is 74.0 Å². The molecule has 0 bridgehead atoms. The van der Waals surface area contributed by atoms with Crippen LogP contribution in [-0.2, 0) is 35.0 Å². The number of hydrogen-bond donors (Lipinski definition) is 3. The minimum absolute atomic E-state index is 0.0452. The lowest BCUT2D eigenvalue weighted by Gasteiger charge is -2.44. The molecule has 1 heterocycles. The van der Waals surface area contributed by atoms with Crippen molar-refractivity contribution in [3.63, 3.8) is 0 Å². The Morgan fingerprint density at radius 2 is 1.52 bits per heavy atom. The Balaban J connectivity index is 1.46. The molecule has 16 heteroatoms. The molecule has 4 aromatic carbocycles. The maximum atomic E-state index is 14.6. The van der Waals surface area contributed by atoms with E-state index in [-0.39, 0.29) is 24.5 Å². The van der Waals surface area contributed by atoms with Gasteiger partial charge in [0.15, 0.2) is 18.5 Å². The summed E-state index contributed by atoms with van der Waals surface area (Å²) in [4.78, 5) is 39.7. The van der Waals surface area contributed by atoms with Gasteiger partial charge in [0, 0.05) is 29.1 Å². The second-order valence-electron chi connectivity index (χ2n) is 11.8. The van der Waals surface area contributed by atoms with E-state index < -0.39 is 72.9 Å². The van der Waals surface area contributed by atoms with E-state index in [0.717, 1.165) is 23.3 Å². The fourth-order valence-electron chi connectivity index (χ4n) is 5.28. The summed E-state index contributed by atoms with van der Waals surface area (Å²) in [5, 5.41) is 17.0. The Kier molecular flexibility index (Phi) is 13.7. The molecular formula is C38H35ClF2N4O9. The van der Waals surface area contributed by atoms with Crippen LogP contribution >= 0.6 is 11.6 Å². The summed E-state index contributed by atoms with van der Waals surface area (Å²) in [6.07, 6.45) is -10.3. The summed E-state index contributed by atoms with van der Waals surface area (Å²) in [5.74, 6) is -1.95. The standard InChI is InChI=1S/C38H35ClF2N4O9/c1-3-49-35-34(50-20-23-9-7-22(2)8-10-23)33(54-38(48)45-30-16-13-26(40)18-29(30)41)32(53-37(47)44-28-6-4-5-24(17-28)19-42)31(52-35)21-51-36(46)43-27-14-11-25(39)12-15-27/h4-18,31-35H,3,20-21H2,1-2H3,(H,43,46)(H,44,47)(H,45,48)/t31-,32-,33+,34-,35+/m1/s1. The van der Waals surface area contributed by atoms with Crippen LogP contribution in [0.2, 0.25) is 5.02 Å². The highest BCUT2D eigenvalue weighted by atomic mass is 35.5. The van der Waals surface area contributed by atoms with E-state index in [4.69, 9.17) is 40.0 Å². The third-order valence-electron chi connectivity index (χ3n) is 7.85. The van der Waals surface area contributed by atoms with E-state index in [1.165, 1.54) is 18.2 Å². The molecule has 0 aliphatic carbocycles. The van der Waals surface area contributed by atoms with E-state index in [1.807, 2.05) is 37.3 Å². The summed E-state index contributed by atoms with van der Waals surface area (Å²) in [5.41, 5.74) is 2.14. The van der Waals surface area contributed by atoms with Gasteiger partial charge in [0.1, 0.15) is 30.4 Å². The van der Waals surface area contributed by atoms with Crippen molar-refractivity contribution >= 4 is 46.9 Å². The monoisotopic (exact) mass is 764 g/mol. The number of aryl methyl sites for hydroxylation is 1. The molecule has 0 unspecified atom stereocenters. The van der Waals surface area contributed by atoms with Crippen molar-refractivity contribution < 1.29 is 51.6 Å². The normalized spacial score (nSPS) is 19.1. The Hall–Kier alpha value is -5.79. The molecule has 0 radical (unpaired) electrons. The van der Waals surface area contributed by atoms with Gasteiger partial charge >= 0.3 is 18.3 Å². The zero-order chi connectivity index (χ0) is 38.6. The summed E-state index contributed by atoms with van der Waals surface area (Å²) in [7, 11) is 0. The van der Waals surface area contributed by atoms with E-state index in [2.05, 4.69) is 16.0 Å². The Morgan fingerprint density at radius 1 is 0.815 bits per heavy atom. The van der Waals surface area contributed by atoms with Gasteiger partial charge in [0.2, 0.25) is 0 Å². The molecule has 1 fully saturated rings. The van der Waals surface area contributed by atoms with Gasteiger partial charge in [-0.3, -0.25) is 16.0 Å². The van der Waals surface area contributed by atoms with Crippen LogP contribution in [0.1, 0.15) is 23.6 Å². The summed E-state index contributed by atoms with van der Waals surface area (Å²) >= 11 is 5.94. The number of amides is 3. The van der Waals surface area contributed by atoms with Gasteiger partial charge in [0.25, 0.3) is 0 Å². The van der Waals surface area contributed by atoms with Gasteiger partial charge in [0.05, 0.1) is 23.9 Å². The van der Waals surface area contributed by atoms with Crippen LogP contribution in [-0.4, -0.2) is 62.2 Å². The molecule has 0 aromatic heterocycles. The van der Waals surface area contributed by atoms with E-state index >= 15 is 0 Å². The molecule has 0 saturated carbocycles. The number of carbonyl (C=O) groups excluding carboxylic acids is 3. The van der Waals surface area contributed by atoms with Gasteiger partial charge in [-0.15, -0.1) is 0 Å². The summed E-state index contributed by atoms with van der Waals surface area (Å²) < 4.78 is 63.6. The number of halogens is 3. The fourth-order valence-corrected chi connectivity index (χ4v) is 5.40. The molecule has 1 aliphatic rings. The topological polar surface area (TPSA) is 166 Å². The van der Waals surface area contributed by atoms with E-state index in [9.17, 15) is 28.4 Å². The zero-order valence-corrected chi connectivity index (χ0v) is 29.7. The minimum Gasteiger partial charge on any atom is -0.446 e. The average Bonchev–Trinajstić information content (AvgIpc) is 3.14. The molecular weight excluding hydrogens is 730 g/mol. The second kappa shape index (κ2) is 18.8. The van der Waals surface area contributed by atoms with Gasteiger partial charge in [-0.2, -0.15) is 5.26 Å². The van der Waals surface area contributed by atoms with Crippen molar-refractivity contribution in [2.45, 2.75) is 51.2 Å². The first-order chi connectivity index (χ1) is 26.0. The van der Waals surface area contributed by atoms with Gasteiger partial charge in [-0.1, -0.05) is 47.5 Å². The fraction of sp³-hybridized carbons (Fsp3) is 0.263. The number of nitrogens with one attached hydrogen (secondary N) is 3. The highest BCUT2D eigenvalue weighted by Gasteiger charge is 2.52. The lowest BCUT2D eigenvalue weighted by Crippen LogP contribution is -2.63. The van der Waals surface area contributed by atoms with Crippen molar-refractivity contribution in [1.82, 2.24) is 0 Å². The molecule has 0 spiro atoms. The quantitative estimate of drug-likeness (QED) is 0.121. The Bertz CT molecular complexity index is 1960. The lowest BCUT2D eigenvalue weighted by atomic mass is 9.98. The summed E-state index contributed by atoms with van der Waals surface area (Å²) in [6, 6.07) is 24.1. The second-order valence-corrected chi connectivity index (χ2v) is 12.2. The third-order valence-corrected chi connectivity index (χ3v) is 8.10. The molecule has 54 heavy (non-hydrogen) atoms. The van der Waals surface area contributed by atoms with Crippen molar-refractivity contribution in [2.24, 2.45) is 0 Å². The number of hydrogen-bond acceptors (Lipinski definition) is 10. The molecule has 5 rings (SSSR count). The summed E-state index contributed by atoms with van der Waals surface area (Å²) in [6.45, 7) is 3.07. The maximum Gasteiger partial charge on any atom is 0.412 e. The molecule has 4 aromatic rings. The van der Waals surface area contributed by atoms with Crippen LogP contribution in [0.25, 0.3) is 0 Å². The number of ether oxygens (including phenoxy) is 6. The highest BCUT2D eigenvalue weighted by molar-refractivity contribution is 6.30. The predicted molar refractivity (Wildman–Crippen MR) is 192 cm³/mol. The molecule has 3 N–H and O–H groups in total. The van der Waals surface area contributed by atoms with Crippen LogP contribution in [0.4, 0.5) is 40.2 Å².